The molecular formula is C15H18O3. The van der Waals surface area contributed by atoms with Gasteiger partial charge in [-0.15, -0.1) is 0 Å². The summed E-state index contributed by atoms with van der Waals surface area (Å²) >= 11 is 0. The molecule has 0 atom stereocenters. The molecule has 0 amide bonds. The Morgan fingerprint density at radius 3 is 2.22 bits per heavy atom. The van der Waals surface area contributed by atoms with Gasteiger partial charge < -0.3 is 9.47 Å². The maximum absolute atomic E-state index is 11.5. The van der Waals surface area contributed by atoms with E-state index in [-0.39, 0.29) is 5.97 Å². The Hall–Kier alpha value is -2.03. The summed E-state index contributed by atoms with van der Waals surface area (Å²) in [5.41, 5.74) is 2.53. The Bertz CT molecular complexity index is 463. The predicted molar refractivity (Wildman–Crippen MR) is 72.2 cm³/mol. The van der Waals surface area contributed by atoms with Gasteiger partial charge in [0.05, 0.1) is 13.4 Å². The monoisotopic (exact) mass is 246 g/mol. The van der Waals surface area contributed by atoms with E-state index in [1.807, 2.05) is 38.1 Å². The van der Waals surface area contributed by atoms with Gasteiger partial charge in [-0.2, -0.15) is 0 Å². The van der Waals surface area contributed by atoms with E-state index in [1.54, 1.807) is 20.1 Å². The summed E-state index contributed by atoms with van der Waals surface area (Å²) in [6, 6.07) is 7.47. The molecule has 0 saturated heterocycles. The van der Waals surface area contributed by atoms with E-state index in [4.69, 9.17) is 9.47 Å². The van der Waals surface area contributed by atoms with Crippen LogP contribution < -0.4 is 4.74 Å². The van der Waals surface area contributed by atoms with Crippen molar-refractivity contribution >= 4 is 12.0 Å². The van der Waals surface area contributed by atoms with Crippen molar-refractivity contribution in [3.63, 3.8) is 0 Å². The number of rotatable bonds is 4. The molecule has 0 heterocycles. The number of hydrogen-bond donors (Lipinski definition) is 0. The van der Waals surface area contributed by atoms with Gasteiger partial charge in [0.1, 0.15) is 5.75 Å². The van der Waals surface area contributed by atoms with Crippen LogP contribution in [0.25, 0.3) is 6.08 Å². The van der Waals surface area contributed by atoms with E-state index in [0.717, 1.165) is 16.9 Å². The minimum Gasteiger partial charge on any atom is -0.497 e. The fourth-order valence-corrected chi connectivity index (χ4v) is 1.18. The maximum Gasteiger partial charge on any atom is 0.338 e. The summed E-state index contributed by atoms with van der Waals surface area (Å²) < 4.78 is 10.1. The first-order valence-electron chi connectivity index (χ1n) is 5.70. The highest BCUT2D eigenvalue weighted by Crippen LogP contribution is 2.12. The predicted octanol–water partition coefficient (Wildman–Crippen LogP) is 3.57. The molecule has 0 fully saturated rings. The van der Waals surface area contributed by atoms with Crippen LogP contribution in [-0.2, 0) is 9.53 Å². The molecule has 1 rings (SSSR count). The van der Waals surface area contributed by atoms with Crippen LogP contribution >= 0.6 is 0 Å². The average molecular weight is 246 g/mol. The Morgan fingerprint density at radius 2 is 1.72 bits per heavy atom. The molecule has 0 radical (unpaired) electrons. The van der Waals surface area contributed by atoms with Gasteiger partial charge in [0.15, 0.2) is 0 Å². The van der Waals surface area contributed by atoms with Crippen molar-refractivity contribution in [1.29, 1.82) is 0 Å². The third-order valence-electron chi connectivity index (χ3n) is 2.61. The number of allylic oxidation sites excluding steroid dienone is 1. The molecule has 3 heteroatoms. The number of methoxy groups -OCH3 is 1. The molecule has 3 nitrogen and oxygen atoms in total. The van der Waals surface area contributed by atoms with Gasteiger partial charge >= 0.3 is 5.97 Å². The van der Waals surface area contributed by atoms with E-state index in [2.05, 4.69) is 0 Å². The quantitative estimate of drug-likeness (QED) is 0.463. The van der Waals surface area contributed by atoms with Crippen LogP contribution in [0.3, 0.4) is 0 Å². The van der Waals surface area contributed by atoms with Crippen molar-refractivity contribution in [2.45, 2.75) is 20.8 Å². The van der Waals surface area contributed by atoms with Gasteiger partial charge in [0, 0.05) is 5.57 Å². The summed E-state index contributed by atoms with van der Waals surface area (Å²) in [5, 5.41) is 0. The highest BCUT2D eigenvalue weighted by molar-refractivity contribution is 5.89. The molecule has 0 aliphatic rings. The molecule has 0 aliphatic heterocycles. The van der Waals surface area contributed by atoms with Crippen molar-refractivity contribution in [3.8, 4) is 5.75 Å². The largest absolute Gasteiger partial charge is 0.497 e. The molecule has 0 N–H and O–H groups in total. The van der Waals surface area contributed by atoms with Crippen LogP contribution in [0, 0.1) is 0 Å². The summed E-state index contributed by atoms with van der Waals surface area (Å²) in [6.07, 6.45) is 3.13. The van der Waals surface area contributed by atoms with Gasteiger partial charge in [-0.3, -0.25) is 0 Å². The minimum atomic E-state index is -0.320. The van der Waals surface area contributed by atoms with E-state index in [0.29, 0.717) is 5.57 Å². The molecule has 0 aromatic heterocycles. The number of carbonyl (C=O) groups is 1. The van der Waals surface area contributed by atoms with E-state index in [9.17, 15) is 4.79 Å². The SMILES string of the molecule is COc1ccc(C=COC(=O)C(C)=C(C)C)cc1. The lowest BCUT2D eigenvalue weighted by Crippen LogP contribution is -2.02. The third-order valence-corrected chi connectivity index (χ3v) is 2.61. The first kappa shape index (κ1) is 14.0. The Labute approximate surface area is 108 Å². The molecule has 0 unspecified atom stereocenters. The molecule has 1 aromatic carbocycles. The zero-order chi connectivity index (χ0) is 13.5. The molecule has 18 heavy (non-hydrogen) atoms. The van der Waals surface area contributed by atoms with Crippen molar-refractivity contribution in [2.75, 3.05) is 7.11 Å². The van der Waals surface area contributed by atoms with E-state index < -0.39 is 0 Å². The van der Waals surface area contributed by atoms with Gasteiger partial charge in [-0.05, 0) is 44.5 Å². The van der Waals surface area contributed by atoms with Crippen molar-refractivity contribution in [2.24, 2.45) is 0 Å². The van der Waals surface area contributed by atoms with Crippen molar-refractivity contribution in [3.05, 3.63) is 47.2 Å². The standard InChI is InChI=1S/C15H18O3/c1-11(2)12(3)15(16)18-10-9-13-5-7-14(17-4)8-6-13/h5-10H,1-4H3. The minimum absolute atomic E-state index is 0.320. The molecule has 0 aliphatic carbocycles. The third kappa shape index (κ3) is 4.09. The first-order valence-corrected chi connectivity index (χ1v) is 5.70. The summed E-state index contributed by atoms with van der Waals surface area (Å²) in [6.45, 7) is 5.51. The van der Waals surface area contributed by atoms with Crippen LogP contribution in [-0.4, -0.2) is 13.1 Å². The fourth-order valence-electron chi connectivity index (χ4n) is 1.18. The second-order valence-electron chi connectivity index (χ2n) is 4.11. The Kier molecular flexibility index (Phi) is 5.18. The van der Waals surface area contributed by atoms with Crippen molar-refractivity contribution < 1.29 is 14.3 Å². The highest BCUT2D eigenvalue weighted by atomic mass is 16.5. The van der Waals surface area contributed by atoms with E-state index >= 15 is 0 Å². The van der Waals surface area contributed by atoms with Crippen LogP contribution in [0.4, 0.5) is 0 Å². The molecule has 96 valence electrons. The summed E-state index contributed by atoms with van der Waals surface area (Å²) in [4.78, 5) is 11.5. The van der Waals surface area contributed by atoms with Gasteiger partial charge in [0.25, 0.3) is 0 Å². The number of esters is 1. The lowest BCUT2D eigenvalue weighted by molar-refractivity contribution is -0.133. The van der Waals surface area contributed by atoms with Crippen LogP contribution in [0.2, 0.25) is 0 Å². The number of benzene rings is 1. The number of carbonyl (C=O) groups excluding carboxylic acids is 1. The van der Waals surface area contributed by atoms with Gasteiger partial charge in [-0.1, -0.05) is 17.7 Å². The first-order chi connectivity index (χ1) is 8.54. The molecular weight excluding hydrogens is 228 g/mol. The van der Waals surface area contributed by atoms with Crippen LogP contribution in [0.15, 0.2) is 41.7 Å². The zero-order valence-electron chi connectivity index (χ0n) is 11.2. The molecule has 0 spiro atoms. The number of ether oxygens (including phenoxy) is 2. The Balaban J connectivity index is 2.60. The summed E-state index contributed by atoms with van der Waals surface area (Å²) in [7, 11) is 1.62. The molecule has 0 saturated carbocycles. The molecule has 1 aromatic rings. The zero-order valence-corrected chi connectivity index (χ0v) is 11.2. The normalized spacial score (nSPS) is 10.2. The second-order valence-corrected chi connectivity index (χ2v) is 4.11. The second kappa shape index (κ2) is 6.64. The van der Waals surface area contributed by atoms with Gasteiger partial charge in [-0.25, -0.2) is 4.79 Å². The van der Waals surface area contributed by atoms with Crippen LogP contribution in [0.1, 0.15) is 26.3 Å². The lowest BCUT2D eigenvalue weighted by atomic mass is 10.2. The fraction of sp³-hybridized carbons (Fsp3) is 0.267. The van der Waals surface area contributed by atoms with Crippen molar-refractivity contribution in [1.82, 2.24) is 0 Å². The lowest BCUT2D eigenvalue weighted by Gasteiger charge is -2.01. The van der Waals surface area contributed by atoms with Crippen LogP contribution in [0.5, 0.6) is 5.75 Å². The molecule has 0 bridgehead atoms. The van der Waals surface area contributed by atoms with E-state index in [1.165, 1.54) is 6.26 Å². The average Bonchev–Trinajstić information content (AvgIpc) is 2.38. The Morgan fingerprint density at radius 1 is 1.11 bits per heavy atom. The summed E-state index contributed by atoms with van der Waals surface area (Å²) in [5.74, 6) is 0.476. The highest BCUT2D eigenvalue weighted by Gasteiger charge is 2.04. The van der Waals surface area contributed by atoms with Gasteiger partial charge in [0.2, 0.25) is 0 Å². The maximum atomic E-state index is 11.5. The number of hydrogen-bond acceptors (Lipinski definition) is 3. The topological polar surface area (TPSA) is 35.5 Å². The smallest absolute Gasteiger partial charge is 0.338 e.